The molecule has 3 N–H and O–H groups in total. The summed E-state index contributed by atoms with van der Waals surface area (Å²) in [7, 11) is 0. The maximum atomic E-state index is 10.8. The van der Waals surface area contributed by atoms with E-state index in [9.17, 15) is 14.9 Å². The highest BCUT2D eigenvalue weighted by Gasteiger charge is 2.16. The lowest BCUT2D eigenvalue weighted by atomic mass is 10.1. The molecular formula is C15H11N5O4. The second-order valence-corrected chi connectivity index (χ2v) is 4.74. The molecule has 120 valence electrons. The second-order valence-electron chi connectivity index (χ2n) is 4.74. The van der Waals surface area contributed by atoms with Crippen LogP contribution in [0.3, 0.4) is 0 Å². The highest BCUT2D eigenvalue weighted by Crippen LogP contribution is 2.31. The summed E-state index contributed by atoms with van der Waals surface area (Å²) in [6.07, 6.45) is 1.32. The van der Waals surface area contributed by atoms with Gasteiger partial charge in [-0.3, -0.25) is 10.1 Å². The van der Waals surface area contributed by atoms with Crippen LogP contribution in [-0.4, -0.2) is 22.2 Å². The lowest BCUT2D eigenvalue weighted by molar-refractivity contribution is -0.401. The van der Waals surface area contributed by atoms with E-state index in [0.29, 0.717) is 22.5 Å². The number of furan rings is 1. The highest BCUT2D eigenvalue weighted by molar-refractivity contribution is 5.96. The number of amides is 2. The summed E-state index contributed by atoms with van der Waals surface area (Å²) in [6, 6.07) is 10.9. The molecule has 0 aliphatic carbocycles. The van der Waals surface area contributed by atoms with E-state index in [1.165, 1.54) is 18.3 Å². The number of rotatable bonds is 4. The maximum absolute atomic E-state index is 10.8. The number of nitrogens with two attached hydrogens (primary N) is 1. The quantitative estimate of drug-likeness (QED) is 0.431. The van der Waals surface area contributed by atoms with Crippen LogP contribution in [0.25, 0.3) is 22.2 Å². The summed E-state index contributed by atoms with van der Waals surface area (Å²) in [6.45, 7) is 0. The molecule has 0 radical (unpaired) electrons. The number of benzene rings is 1. The Bertz CT molecular complexity index is 963. The van der Waals surface area contributed by atoms with E-state index in [1.54, 1.807) is 12.1 Å². The van der Waals surface area contributed by atoms with Crippen molar-refractivity contribution in [3.8, 4) is 11.3 Å². The van der Waals surface area contributed by atoms with Crippen LogP contribution < -0.4 is 11.2 Å². The van der Waals surface area contributed by atoms with E-state index in [0.717, 1.165) is 5.39 Å². The minimum atomic E-state index is -0.797. The number of hydrogen-bond acceptors (Lipinski definition) is 6. The number of hydrogen-bond donors (Lipinski definition) is 2. The van der Waals surface area contributed by atoms with Crippen LogP contribution in [0, 0.1) is 10.1 Å². The first-order valence-electron chi connectivity index (χ1n) is 6.77. The summed E-state index contributed by atoms with van der Waals surface area (Å²) < 4.78 is 5.28. The molecular weight excluding hydrogens is 314 g/mol. The number of nitro groups is 1. The molecule has 0 unspecified atom stereocenters. The first-order valence-corrected chi connectivity index (χ1v) is 6.77. The van der Waals surface area contributed by atoms with E-state index >= 15 is 0 Å². The van der Waals surface area contributed by atoms with Crippen LogP contribution in [0.5, 0.6) is 0 Å². The Labute approximate surface area is 134 Å². The van der Waals surface area contributed by atoms with Gasteiger partial charge in [-0.2, -0.15) is 5.10 Å². The fourth-order valence-corrected chi connectivity index (χ4v) is 2.20. The first-order chi connectivity index (χ1) is 11.5. The van der Waals surface area contributed by atoms with Gasteiger partial charge < -0.3 is 10.2 Å². The minimum Gasteiger partial charge on any atom is -0.401 e. The molecule has 0 saturated heterocycles. The van der Waals surface area contributed by atoms with Gasteiger partial charge in [0, 0.05) is 10.9 Å². The lowest BCUT2D eigenvalue weighted by Gasteiger charge is -2.05. The van der Waals surface area contributed by atoms with Crippen molar-refractivity contribution in [3.63, 3.8) is 0 Å². The van der Waals surface area contributed by atoms with Crippen LogP contribution in [0.2, 0.25) is 0 Å². The summed E-state index contributed by atoms with van der Waals surface area (Å²) in [5, 5.41) is 15.2. The van der Waals surface area contributed by atoms with Gasteiger partial charge in [0.05, 0.1) is 23.5 Å². The third-order valence-electron chi connectivity index (χ3n) is 3.14. The molecule has 1 aromatic carbocycles. The Morgan fingerprint density at radius 2 is 2.12 bits per heavy atom. The SMILES string of the molecule is NC(=O)NN=Cc1cc(-c2ccc([N+](=O)[O-])o2)c2ccccc2n1. The molecule has 0 bridgehead atoms. The predicted molar refractivity (Wildman–Crippen MR) is 86.4 cm³/mol. The van der Waals surface area contributed by atoms with Gasteiger partial charge in [0.15, 0.2) is 0 Å². The number of carbonyl (C=O) groups excluding carboxylic acids is 1. The molecule has 2 amide bonds. The average molecular weight is 325 g/mol. The molecule has 9 nitrogen and oxygen atoms in total. The zero-order valence-electron chi connectivity index (χ0n) is 12.2. The number of nitrogens with zero attached hydrogens (tertiary/aromatic N) is 3. The monoisotopic (exact) mass is 325 g/mol. The Morgan fingerprint density at radius 3 is 2.83 bits per heavy atom. The topological polar surface area (TPSA) is 137 Å². The van der Waals surface area contributed by atoms with Gasteiger partial charge in [0.2, 0.25) is 0 Å². The van der Waals surface area contributed by atoms with Gasteiger partial charge in [-0.15, -0.1) is 0 Å². The summed E-state index contributed by atoms with van der Waals surface area (Å²) in [5.74, 6) is -0.0192. The zero-order chi connectivity index (χ0) is 17.1. The molecule has 2 heterocycles. The van der Waals surface area contributed by atoms with Crippen molar-refractivity contribution < 1.29 is 14.1 Å². The molecule has 0 aliphatic rings. The lowest BCUT2D eigenvalue weighted by Crippen LogP contribution is -2.24. The number of aromatic nitrogens is 1. The van der Waals surface area contributed by atoms with Crippen molar-refractivity contribution in [2.45, 2.75) is 0 Å². The number of hydrazone groups is 1. The third kappa shape index (κ3) is 3.04. The molecule has 3 rings (SSSR count). The van der Waals surface area contributed by atoms with Gasteiger partial charge in [-0.1, -0.05) is 18.2 Å². The Balaban J connectivity index is 2.11. The number of carbonyl (C=O) groups is 1. The fraction of sp³-hybridized carbons (Fsp3) is 0. The van der Waals surface area contributed by atoms with Crippen molar-refractivity contribution in [1.29, 1.82) is 0 Å². The van der Waals surface area contributed by atoms with Crippen LogP contribution >= 0.6 is 0 Å². The molecule has 2 aromatic heterocycles. The third-order valence-corrected chi connectivity index (χ3v) is 3.14. The number of primary amides is 1. The van der Waals surface area contributed by atoms with Crippen LogP contribution in [0.1, 0.15) is 5.69 Å². The number of fused-ring (bicyclic) bond motifs is 1. The largest absolute Gasteiger partial charge is 0.433 e. The highest BCUT2D eigenvalue weighted by atomic mass is 16.6. The van der Waals surface area contributed by atoms with Crippen LogP contribution in [0.4, 0.5) is 10.7 Å². The first kappa shape index (κ1) is 15.2. The minimum absolute atomic E-state index is 0.331. The summed E-state index contributed by atoms with van der Waals surface area (Å²) >= 11 is 0. The van der Waals surface area contributed by atoms with Crippen molar-refractivity contribution in [2.75, 3.05) is 0 Å². The maximum Gasteiger partial charge on any atom is 0.433 e. The van der Waals surface area contributed by atoms with Gasteiger partial charge >= 0.3 is 11.9 Å². The predicted octanol–water partition coefficient (Wildman–Crippen LogP) is 2.41. The fourth-order valence-electron chi connectivity index (χ4n) is 2.20. The van der Waals surface area contributed by atoms with Gasteiger partial charge in [-0.05, 0) is 18.2 Å². The van der Waals surface area contributed by atoms with Crippen molar-refractivity contribution in [2.24, 2.45) is 10.8 Å². The number of nitrogens with one attached hydrogen (secondary N) is 1. The summed E-state index contributed by atoms with van der Waals surface area (Å²) in [5.41, 5.74) is 8.71. The van der Waals surface area contributed by atoms with Gasteiger partial charge in [-0.25, -0.2) is 15.2 Å². The van der Waals surface area contributed by atoms with E-state index in [4.69, 9.17) is 10.2 Å². The number of para-hydroxylation sites is 1. The van der Waals surface area contributed by atoms with Crippen molar-refractivity contribution in [1.82, 2.24) is 10.4 Å². The molecule has 0 aliphatic heterocycles. The zero-order valence-corrected chi connectivity index (χ0v) is 12.2. The summed E-state index contributed by atoms with van der Waals surface area (Å²) in [4.78, 5) is 25.2. The average Bonchev–Trinajstić information content (AvgIpc) is 3.04. The number of pyridine rings is 1. The Hall–Kier alpha value is -3.75. The Kier molecular flexibility index (Phi) is 3.89. The standard InChI is InChI=1S/C15H11N5O4/c16-15(21)19-17-8-9-7-11(10-3-1-2-4-12(10)18-9)13-5-6-14(24-13)20(22)23/h1-8H,(H3,16,19,21). The molecule has 0 saturated carbocycles. The Morgan fingerprint density at radius 1 is 1.33 bits per heavy atom. The van der Waals surface area contributed by atoms with Gasteiger partial charge in [0.1, 0.15) is 10.7 Å². The molecule has 0 atom stereocenters. The van der Waals surface area contributed by atoms with Crippen LogP contribution in [0.15, 0.2) is 52.0 Å². The number of urea groups is 1. The van der Waals surface area contributed by atoms with E-state index in [1.807, 2.05) is 18.2 Å². The van der Waals surface area contributed by atoms with Gasteiger partial charge in [0.25, 0.3) is 0 Å². The molecule has 24 heavy (non-hydrogen) atoms. The van der Waals surface area contributed by atoms with E-state index in [2.05, 4.69) is 15.5 Å². The molecule has 0 fully saturated rings. The van der Waals surface area contributed by atoms with E-state index in [-0.39, 0.29) is 5.88 Å². The molecule has 0 spiro atoms. The molecule has 3 aromatic rings. The normalized spacial score (nSPS) is 11.0. The van der Waals surface area contributed by atoms with E-state index < -0.39 is 11.0 Å². The second kappa shape index (κ2) is 6.16. The smallest absolute Gasteiger partial charge is 0.401 e. The van der Waals surface area contributed by atoms with Crippen molar-refractivity contribution in [3.05, 3.63) is 58.3 Å². The molecule has 9 heteroatoms. The van der Waals surface area contributed by atoms with Crippen LogP contribution in [-0.2, 0) is 0 Å². The van der Waals surface area contributed by atoms with Crippen molar-refractivity contribution >= 4 is 29.0 Å².